The van der Waals surface area contributed by atoms with Crippen molar-refractivity contribution in [1.82, 2.24) is 9.80 Å². The van der Waals surface area contributed by atoms with Gasteiger partial charge < -0.3 is 10.0 Å². The number of aliphatic hydroxyl groups excluding tert-OH is 1. The molecule has 0 atom stereocenters. The van der Waals surface area contributed by atoms with Crippen LogP contribution in [0.25, 0.3) is 0 Å². The number of hydrogen-bond acceptors (Lipinski definition) is 4. The lowest BCUT2D eigenvalue weighted by Crippen LogP contribution is -2.36. The Kier molecular flexibility index (Phi) is 6.84. The Labute approximate surface area is 102 Å². The lowest BCUT2D eigenvalue weighted by Gasteiger charge is -2.21. The smallest absolute Gasteiger partial charge is 0.223 e. The van der Waals surface area contributed by atoms with Gasteiger partial charge in [-0.15, -0.1) is 0 Å². The molecular formula is C11H22N2O2S. The average Bonchev–Trinajstić information content (AvgIpc) is 2.52. The third kappa shape index (κ3) is 4.72. The Hall–Kier alpha value is -0.260. The molecule has 1 fully saturated rings. The van der Waals surface area contributed by atoms with Crippen LogP contribution in [0.5, 0.6) is 0 Å². The first kappa shape index (κ1) is 13.8. The van der Waals surface area contributed by atoms with Crippen LogP contribution in [0.4, 0.5) is 0 Å². The zero-order valence-electron chi connectivity index (χ0n) is 10.0. The first-order valence-corrected chi connectivity index (χ1v) is 7.27. The van der Waals surface area contributed by atoms with Gasteiger partial charge in [-0.3, -0.25) is 9.69 Å². The molecule has 1 rings (SSSR count). The van der Waals surface area contributed by atoms with Crippen LogP contribution in [0.3, 0.4) is 0 Å². The molecule has 0 radical (unpaired) electrons. The first-order chi connectivity index (χ1) is 7.77. The van der Waals surface area contributed by atoms with E-state index in [0.717, 1.165) is 44.9 Å². The standard InChI is InChI=1S/C11H22N2O2S/c1-16-10-3-11(15)13-5-2-4-12(6-7-13)8-9-14/h14H,2-10H2,1H3. The summed E-state index contributed by atoms with van der Waals surface area (Å²) in [5, 5.41) is 8.88. The summed E-state index contributed by atoms with van der Waals surface area (Å²) in [6, 6.07) is 0. The predicted octanol–water partition coefficient (Wildman–Crippen LogP) is 0.266. The van der Waals surface area contributed by atoms with Crippen molar-refractivity contribution < 1.29 is 9.90 Å². The van der Waals surface area contributed by atoms with E-state index in [-0.39, 0.29) is 12.5 Å². The van der Waals surface area contributed by atoms with Crippen LogP contribution in [0, 0.1) is 0 Å². The van der Waals surface area contributed by atoms with Crippen molar-refractivity contribution in [3.8, 4) is 0 Å². The number of hydrogen-bond donors (Lipinski definition) is 1. The molecule has 0 aliphatic carbocycles. The van der Waals surface area contributed by atoms with E-state index >= 15 is 0 Å². The second kappa shape index (κ2) is 7.92. The quantitative estimate of drug-likeness (QED) is 0.756. The number of nitrogens with zero attached hydrogens (tertiary/aromatic N) is 2. The van der Waals surface area contributed by atoms with E-state index in [4.69, 9.17) is 5.11 Å². The number of aliphatic hydroxyl groups is 1. The summed E-state index contributed by atoms with van der Waals surface area (Å²) in [6.45, 7) is 4.51. The maximum Gasteiger partial charge on any atom is 0.223 e. The molecule has 94 valence electrons. The first-order valence-electron chi connectivity index (χ1n) is 5.88. The summed E-state index contributed by atoms with van der Waals surface area (Å²) in [7, 11) is 0. The molecule has 1 aliphatic heterocycles. The van der Waals surface area contributed by atoms with Crippen molar-refractivity contribution in [3.63, 3.8) is 0 Å². The van der Waals surface area contributed by atoms with Gasteiger partial charge >= 0.3 is 0 Å². The van der Waals surface area contributed by atoms with Gasteiger partial charge in [-0.25, -0.2) is 0 Å². The van der Waals surface area contributed by atoms with Gasteiger partial charge in [-0.05, 0) is 19.2 Å². The molecule has 0 unspecified atom stereocenters. The monoisotopic (exact) mass is 246 g/mol. The maximum atomic E-state index is 11.8. The Morgan fingerprint density at radius 3 is 2.81 bits per heavy atom. The van der Waals surface area contributed by atoms with Gasteiger partial charge in [0.05, 0.1) is 6.61 Å². The van der Waals surface area contributed by atoms with Gasteiger partial charge in [0.1, 0.15) is 0 Å². The van der Waals surface area contributed by atoms with Gasteiger partial charge in [0.2, 0.25) is 5.91 Å². The predicted molar refractivity (Wildman–Crippen MR) is 67.7 cm³/mol. The normalized spacial score (nSPS) is 18.5. The van der Waals surface area contributed by atoms with E-state index in [9.17, 15) is 4.79 Å². The van der Waals surface area contributed by atoms with Crippen molar-refractivity contribution in [2.24, 2.45) is 0 Å². The molecule has 0 aromatic rings. The van der Waals surface area contributed by atoms with Crippen LogP contribution in [-0.2, 0) is 4.79 Å². The van der Waals surface area contributed by atoms with E-state index in [1.165, 1.54) is 0 Å². The fourth-order valence-electron chi connectivity index (χ4n) is 1.93. The largest absolute Gasteiger partial charge is 0.395 e. The molecule has 4 nitrogen and oxygen atoms in total. The molecule has 1 N–H and O–H groups in total. The van der Waals surface area contributed by atoms with E-state index in [1.807, 2.05) is 11.2 Å². The number of amides is 1. The molecule has 0 spiro atoms. The van der Waals surface area contributed by atoms with E-state index in [2.05, 4.69) is 4.90 Å². The van der Waals surface area contributed by atoms with Gasteiger partial charge in [0, 0.05) is 38.4 Å². The minimum Gasteiger partial charge on any atom is -0.395 e. The fourth-order valence-corrected chi connectivity index (χ4v) is 2.31. The molecular weight excluding hydrogens is 224 g/mol. The number of thioether (sulfide) groups is 1. The van der Waals surface area contributed by atoms with Crippen LogP contribution in [-0.4, -0.2) is 72.2 Å². The molecule has 0 bridgehead atoms. The zero-order valence-corrected chi connectivity index (χ0v) is 10.8. The molecule has 1 saturated heterocycles. The molecule has 16 heavy (non-hydrogen) atoms. The van der Waals surface area contributed by atoms with Gasteiger partial charge in [0.25, 0.3) is 0 Å². The minimum atomic E-state index is 0.209. The summed E-state index contributed by atoms with van der Waals surface area (Å²) >= 11 is 1.72. The van der Waals surface area contributed by atoms with Crippen molar-refractivity contribution in [3.05, 3.63) is 0 Å². The molecule has 0 aromatic carbocycles. The molecule has 0 saturated carbocycles. The SMILES string of the molecule is CSCCC(=O)N1CCCN(CCO)CC1. The summed E-state index contributed by atoms with van der Waals surface area (Å²) < 4.78 is 0. The minimum absolute atomic E-state index is 0.209. The Bertz CT molecular complexity index is 214. The van der Waals surface area contributed by atoms with Crippen LogP contribution >= 0.6 is 11.8 Å². The molecule has 5 heteroatoms. The number of carbonyl (C=O) groups excluding carboxylic acids is 1. The van der Waals surface area contributed by atoms with Crippen molar-refractivity contribution >= 4 is 17.7 Å². The lowest BCUT2D eigenvalue weighted by molar-refractivity contribution is -0.130. The second-order valence-electron chi connectivity index (χ2n) is 4.04. The van der Waals surface area contributed by atoms with E-state index < -0.39 is 0 Å². The van der Waals surface area contributed by atoms with Crippen molar-refractivity contribution in [1.29, 1.82) is 0 Å². The van der Waals surface area contributed by atoms with Crippen LogP contribution < -0.4 is 0 Å². The summed E-state index contributed by atoms with van der Waals surface area (Å²) in [4.78, 5) is 16.0. The van der Waals surface area contributed by atoms with Gasteiger partial charge in [0.15, 0.2) is 0 Å². The Balaban J connectivity index is 2.31. The van der Waals surface area contributed by atoms with Crippen LogP contribution in [0.15, 0.2) is 0 Å². The topological polar surface area (TPSA) is 43.8 Å². The molecule has 1 aliphatic rings. The van der Waals surface area contributed by atoms with E-state index in [0.29, 0.717) is 6.42 Å². The van der Waals surface area contributed by atoms with Crippen LogP contribution in [0.2, 0.25) is 0 Å². The highest BCUT2D eigenvalue weighted by atomic mass is 32.2. The van der Waals surface area contributed by atoms with Gasteiger partial charge in [-0.1, -0.05) is 0 Å². The molecule has 1 heterocycles. The third-order valence-electron chi connectivity index (χ3n) is 2.88. The second-order valence-corrected chi connectivity index (χ2v) is 5.03. The number of β-amino-alcohol motifs (C(OH)–C–C–N with tert-alkyl or cyclic N) is 1. The van der Waals surface area contributed by atoms with Gasteiger partial charge in [-0.2, -0.15) is 11.8 Å². The molecule has 0 aromatic heterocycles. The lowest BCUT2D eigenvalue weighted by atomic mass is 10.3. The fraction of sp³-hybridized carbons (Fsp3) is 0.909. The summed E-state index contributed by atoms with van der Waals surface area (Å²) in [5.74, 6) is 1.19. The maximum absolute atomic E-state index is 11.8. The Morgan fingerprint density at radius 1 is 1.31 bits per heavy atom. The number of rotatable bonds is 5. The van der Waals surface area contributed by atoms with Crippen molar-refractivity contribution in [2.75, 3.05) is 51.3 Å². The average molecular weight is 246 g/mol. The van der Waals surface area contributed by atoms with Crippen LogP contribution in [0.1, 0.15) is 12.8 Å². The highest BCUT2D eigenvalue weighted by molar-refractivity contribution is 7.98. The highest BCUT2D eigenvalue weighted by Crippen LogP contribution is 2.06. The highest BCUT2D eigenvalue weighted by Gasteiger charge is 2.17. The third-order valence-corrected chi connectivity index (χ3v) is 3.49. The zero-order chi connectivity index (χ0) is 11.8. The Morgan fingerprint density at radius 2 is 2.12 bits per heavy atom. The molecule has 1 amide bonds. The van der Waals surface area contributed by atoms with E-state index in [1.54, 1.807) is 11.8 Å². The summed E-state index contributed by atoms with van der Waals surface area (Å²) in [5.41, 5.74) is 0. The summed E-state index contributed by atoms with van der Waals surface area (Å²) in [6.07, 6.45) is 3.70. The van der Waals surface area contributed by atoms with Crippen molar-refractivity contribution in [2.45, 2.75) is 12.8 Å². The number of carbonyl (C=O) groups is 1.